The van der Waals surface area contributed by atoms with E-state index in [1.54, 1.807) is 12.0 Å². The summed E-state index contributed by atoms with van der Waals surface area (Å²) in [7, 11) is 1.61. The van der Waals surface area contributed by atoms with Crippen molar-refractivity contribution in [3.8, 4) is 11.5 Å². The molecule has 1 aliphatic heterocycles. The molecule has 0 atom stereocenters. The van der Waals surface area contributed by atoms with Crippen molar-refractivity contribution in [2.24, 2.45) is 4.99 Å². The molecule has 1 amide bonds. The van der Waals surface area contributed by atoms with E-state index < -0.39 is 0 Å². The fraction of sp³-hybridized carbons (Fsp3) is 0.214. The maximum absolute atomic E-state index is 13.2. The molecule has 0 aliphatic carbocycles. The standard InChI is InChI=1S/C28H26Br2N2O3S/c1-4-13-32-27(33)25(36-28(32)31-22-11-5-18(2)6-12-22)16-20-14-23(30)26(24(15-20)34-3)35-17-19-7-9-21(29)10-8-19/h5-12,14-16H,4,13,17H2,1-3H3/b25-16+,31-28?. The quantitative estimate of drug-likeness (QED) is 0.236. The zero-order valence-electron chi connectivity index (χ0n) is 20.3. The minimum atomic E-state index is -0.0432. The second kappa shape index (κ2) is 12.1. The second-order valence-corrected chi connectivity index (χ2v) is 11.0. The van der Waals surface area contributed by atoms with E-state index in [1.165, 1.54) is 17.3 Å². The molecule has 5 nitrogen and oxygen atoms in total. The van der Waals surface area contributed by atoms with E-state index in [0.717, 1.165) is 32.2 Å². The Balaban J connectivity index is 1.59. The van der Waals surface area contributed by atoms with Crippen LogP contribution in [0.25, 0.3) is 6.08 Å². The summed E-state index contributed by atoms with van der Waals surface area (Å²) in [5.74, 6) is 1.16. The van der Waals surface area contributed by atoms with Crippen molar-refractivity contribution in [2.75, 3.05) is 13.7 Å². The molecule has 0 N–H and O–H groups in total. The fourth-order valence-corrected chi connectivity index (χ4v) is 5.46. The van der Waals surface area contributed by atoms with Crippen LogP contribution in [0.1, 0.15) is 30.0 Å². The molecule has 186 valence electrons. The maximum Gasteiger partial charge on any atom is 0.266 e. The Hall–Kier alpha value is -2.55. The SMILES string of the molecule is CCCN1C(=O)/C(=C\c2cc(Br)c(OCc3ccc(Br)cc3)c(OC)c2)SC1=Nc1ccc(C)cc1. The number of carbonyl (C=O) groups excluding carboxylic acids is 1. The van der Waals surface area contributed by atoms with Gasteiger partial charge in [0.2, 0.25) is 0 Å². The lowest BCUT2D eigenvalue weighted by atomic mass is 10.1. The molecule has 0 bridgehead atoms. The molecule has 0 radical (unpaired) electrons. The molecule has 0 aromatic heterocycles. The summed E-state index contributed by atoms with van der Waals surface area (Å²) in [6.07, 6.45) is 2.72. The molecule has 4 rings (SSSR count). The molecule has 3 aromatic rings. The summed E-state index contributed by atoms with van der Waals surface area (Å²) in [5, 5.41) is 0.692. The highest BCUT2D eigenvalue weighted by Crippen LogP contribution is 2.40. The fourth-order valence-electron chi connectivity index (χ4n) is 3.59. The van der Waals surface area contributed by atoms with Gasteiger partial charge in [0.15, 0.2) is 16.7 Å². The van der Waals surface area contributed by atoms with Crippen LogP contribution in [-0.2, 0) is 11.4 Å². The van der Waals surface area contributed by atoms with Crippen molar-refractivity contribution in [3.05, 3.63) is 91.2 Å². The van der Waals surface area contributed by atoms with Crippen LogP contribution >= 0.6 is 43.6 Å². The van der Waals surface area contributed by atoms with Gasteiger partial charge in [-0.05, 0) is 94.6 Å². The largest absolute Gasteiger partial charge is 0.493 e. The molecule has 0 unspecified atom stereocenters. The van der Waals surface area contributed by atoms with Crippen molar-refractivity contribution in [1.82, 2.24) is 4.90 Å². The average molecular weight is 630 g/mol. The molecule has 1 aliphatic rings. The Kier molecular flexibility index (Phi) is 8.93. The molecular formula is C28H26Br2N2O3S. The number of hydrogen-bond donors (Lipinski definition) is 0. The van der Waals surface area contributed by atoms with Crippen LogP contribution in [0.15, 0.2) is 79.5 Å². The van der Waals surface area contributed by atoms with Crippen molar-refractivity contribution in [1.29, 1.82) is 0 Å². The number of amides is 1. The number of thioether (sulfide) groups is 1. The highest BCUT2D eigenvalue weighted by molar-refractivity contribution is 9.10. The van der Waals surface area contributed by atoms with E-state index in [0.29, 0.717) is 34.7 Å². The van der Waals surface area contributed by atoms with Gasteiger partial charge in [-0.25, -0.2) is 4.99 Å². The molecule has 36 heavy (non-hydrogen) atoms. The number of rotatable bonds is 8. The number of hydrogen-bond acceptors (Lipinski definition) is 5. The first-order chi connectivity index (χ1) is 17.4. The highest BCUT2D eigenvalue weighted by atomic mass is 79.9. The predicted octanol–water partition coefficient (Wildman–Crippen LogP) is 8.12. The van der Waals surface area contributed by atoms with E-state index in [4.69, 9.17) is 14.5 Å². The number of benzene rings is 3. The van der Waals surface area contributed by atoms with Gasteiger partial charge in [0.25, 0.3) is 5.91 Å². The van der Waals surface area contributed by atoms with Gasteiger partial charge in [-0.3, -0.25) is 9.69 Å². The zero-order valence-corrected chi connectivity index (χ0v) is 24.2. The molecule has 1 fully saturated rings. The Bertz CT molecular complexity index is 1310. The van der Waals surface area contributed by atoms with Crippen LogP contribution in [0.4, 0.5) is 5.69 Å². The third kappa shape index (κ3) is 6.41. The number of amidine groups is 1. The van der Waals surface area contributed by atoms with E-state index in [-0.39, 0.29) is 5.91 Å². The van der Waals surface area contributed by atoms with Crippen LogP contribution in [0, 0.1) is 6.92 Å². The van der Waals surface area contributed by atoms with Crippen molar-refractivity contribution >= 4 is 66.5 Å². The summed E-state index contributed by atoms with van der Waals surface area (Å²) in [6, 6.07) is 19.7. The summed E-state index contributed by atoms with van der Waals surface area (Å²) in [4.78, 5) is 20.3. The number of carbonyl (C=O) groups is 1. The predicted molar refractivity (Wildman–Crippen MR) is 155 cm³/mol. The van der Waals surface area contributed by atoms with Crippen molar-refractivity contribution in [2.45, 2.75) is 26.9 Å². The van der Waals surface area contributed by atoms with Gasteiger partial charge in [0.05, 0.1) is 22.2 Å². The van der Waals surface area contributed by atoms with Gasteiger partial charge in [-0.15, -0.1) is 0 Å². The number of methoxy groups -OCH3 is 1. The Labute approximate surface area is 232 Å². The van der Waals surface area contributed by atoms with Crippen LogP contribution in [0.2, 0.25) is 0 Å². The first kappa shape index (κ1) is 26.5. The van der Waals surface area contributed by atoms with Gasteiger partial charge in [0.1, 0.15) is 6.61 Å². The topological polar surface area (TPSA) is 51.1 Å². The molecule has 0 saturated carbocycles. The van der Waals surface area contributed by atoms with Gasteiger partial charge in [0, 0.05) is 11.0 Å². The van der Waals surface area contributed by atoms with Crippen LogP contribution in [-0.4, -0.2) is 29.6 Å². The number of aliphatic imine (C=N–C) groups is 1. The minimum absolute atomic E-state index is 0.0432. The van der Waals surface area contributed by atoms with Crippen LogP contribution in [0.3, 0.4) is 0 Å². The summed E-state index contributed by atoms with van der Waals surface area (Å²) in [6.45, 7) is 5.11. The smallest absolute Gasteiger partial charge is 0.266 e. The normalized spacial score (nSPS) is 15.7. The van der Waals surface area contributed by atoms with E-state index in [1.807, 2.05) is 73.7 Å². The number of ether oxygens (including phenoxy) is 2. The molecule has 1 heterocycles. The van der Waals surface area contributed by atoms with Crippen molar-refractivity contribution < 1.29 is 14.3 Å². The van der Waals surface area contributed by atoms with Gasteiger partial charge >= 0.3 is 0 Å². The van der Waals surface area contributed by atoms with Crippen LogP contribution < -0.4 is 9.47 Å². The lowest BCUT2D eigenvalue weighted by Gasteiger charge is -2.14. The van der Waals surface area contributed by atoms with Gasteiger partial charge in [-0.2, -0.15) is 0 Å². The zero-order chi connectivity index (χ0) is 25.7. The summed E-state index contributed by atoms with van der Waals surface area (Å²) >= 11 is 8.46. The second-order valence-electron chi connectivity index (χ2n) is 8.25. The third-order valence-corrected chi connectivity index (χ3v) is 7.56. The molecular weight excluding hydrogens is 604 g/mol. The Morgan fingerprint density at radius 2 is 1.78 bits per heavy atom. The average Bonchev–Trinajstić information content (AvgIpc) is 3.14. The molecule has 1 saturated heterocycles. The third-order valence-electron chi connectivity index (χ3n) is 5.44. The Morgan fingerprint density at radius 1 is 1.06 bits per heavy atom. The lowest BCUT2D eigenvalue weighted by Crippen LogP contribution is -2.29. The number of halogens is 2. The van der Waals surface area contributed by atoms with E-state index >= 15 is 0 Å². The van der Waals surface area contributed by atoms with E-state index in [2.05, 4.69) is 38.8 Å². The van der Waals surface area contributed by atoms with Gasteiger partial charge in [-0.1, -0.05) is 52.7 Å². The van der Waals surface area contributed by atoms with Gasteiger partial charge < -0.3 is 9.47 Å². The summed E-state index contributed by atoms with van der Waals surface area (Å²) in [5.41, 5.74) is 3.88. The molecule has 0 spiro atoms. The van der Waals surface area contributed by atoms with Crippen molar-refractivity contribution in [3.63, 3.8) is 0 Å². The maximum atomic E-state index is 13.2. The highest BCUT2D eigenvalue weighted by Gasteiger charge is 2.33. The molecule has 8 heteroatoms. The van der Waals surface area contributed by atoms with E-state index in [9.17, 15) is 4.79 Å². The first-order valence-electron chi connectivity index (χ1n) is 11.5. The molecule has 3 aromatic carbocycles. The minimum Gasteiger partial charge on any atom is -0.493 e. The first-order valence-corrected chi connectivity index (χ1v) is 13.9. The number of aryl methyl sites for hydroxylation is 1. The van der Waals surface area contributed by atoms with Crippen LogP contribution in [0.5, 0.6) is 11.5 Å². The number of nitrogens with zero attached hydrogens (tertiary/aromatic N) is 2. The summed E-state index contributed by atoms with van der Waals surface area (Å²) < 4.78 is 13.5. The lowest BCUT2D eigenvalue weighted by molar-refractivity contribution is -0.122. The monoisotopic (exact) mass is 628 g/mol. The Morgan fingerprint density at radius 3 is 2.44 bits per heavy atom.